The summed E-state index contributed by atoms with van der Waals surface area (Å²) < 4.78 is 32.4. The highest BCUT2D eigenvalue weighted by Gasteiger charge is 2.19. The monoisotopic (exact) mass is 317 g/mol. The van der Waals surface area contributed by atoms with E-state index in [0.717, 1.165) is 5.39 Å². The molecular weight excluding hydrogens is 302 g/mol. The molecule has 114 valence electrons. The van der Waals surface area contributed by atoms with Crippen LogP contribution in [-0.4, -0.2) is 20.1 Å². The minimum atomic E-state index is -3.72. The number of sulfonamides is 1. The summed E-state index contributed by atoms with van der Waals surface area (Å²) in [6.07, 6.45) is 0.400. The molecule has 3 rings (SSSR count). The van der Waals surface area contributed by atoms with Gasteiger partial charge in [-0.05, 0) is 23.6 Å². The van der Waals surface area contributed by atoms with Crippen LogP contribution >= 0.6 is 0 Å². The number of nitrogens with one attached hydrogen (secondary N) is 1. The summed E-state index contributed by atoms with van der Waals surface area (Å²) in [5.74, 6) is 0.320. The first-order valence-corrected chi connectivity index (χ1v) is 8.25. The summed E-state index contributed by atoms with van der Waals surface area (Å²) in [6.45, 7) is -0.154. The highest BCUT2D eigenvalue weighted by Crippen LogP contribution is 2.23. The lowest BCUT2D eigenvalue weighted by molar-refractivity contribution is 0.154. The molecule has 2 aromatic carbocycles. The molecule has 1 aromatic heterocycles. The molecule has 2 N–H and O–H groups in total. The summed E-state index contributed by atoms with van der Waals surface area (Å²) in [5, 5.41) is 11.4. The maximum absolute atomic E-state index is 12.5. The number of hydrogen-bond donors (Lipinski definition) is 2. The van der Waals surface area contributed by atoms with E-state index in [9.17, 15) is 13.5 Å². The van der Waals surface area contributed by atoms with Gasteiger partial charge in [-0.3, -0.25) is 0 Å². The second-order valence-electron chi connectivity index (χ2n) is 4.86. The first-order valence-electron chi connectivity index (χ1n) is 6.77. The standard InChI is InChI=1S/C16H15NO4S/c18-14(15-8-4-10-21-15)11-17-22(19,20)16-9-3-6-12-5-1-2-7-13(12)16/h1-10,14,17-18H,11H2. The van der Waals surface area contributed by atoms with Crippen LogP contribution < -0.4 is 4.72 Å². The van der Waals surface area contributed by atoms with E-state index < -0.39 is 16.1 Å². The van der Waals surface area contributed by atoms with Crippen LogP contribution in [0.5, 0.6) is 0 Å². The van der Waals surface area contributed by atoms with Crippen molar-refractivity contribution in [3.8, 4) is 0 Å². The average Bonchev–Trinajstić information content (AvgIpc) is 3.06. The predicted molar refractivity (Wildman–Crippen MR) is 82.8 cm³/mol. The molecule has 1 heterocycles. The molecule has 1 atom stereocenters. The smallest absolute Gasteiger partial charge is 0.241 e. The minimum Gasteiger partial charge on any atom is -0.467 e. The van der Waals surface area contributed by atoms with E-state index >= 15 is 0 Å². The molecule has 0 spiro atoms. The molecule has 0 aliphatic heterocycles. The lowest BCUT2D eigenvalue weighted by Crippen LogP contribution is -2.28. The average molecular weight is 317 g/mol. The van der Waals surface area contributed by atoms with Crippen LogP contribution in [0.15, 0.2) is 70.2 Å². The number of furan rings is 1. The highest BCUT2D eigenvalue weighted by atomic mass is 32.2. The fourth-order valence-electron chi connectivity index (χ4n) is 2.28. The molecule has 0 amide bonds. The Labute approximate surface area is 128 Å². The van der Waals surface area contributed by atoms with Gasteiger partial charge in [-0.1, -0.05) is 36.4 Å². The van der Waals surface area contributed by atoms with Crippen LogP contribution in [-0.2, 0) is 10.0 Å². The highest BCUT2D eigenvalue weighted by molar-refractivity contribution is 7.89. The van der Waals surface area contributed by atoms with Crippen LogP contribution in [0.2, 0.25) is 0 Å². The summed E-state index contributed by atoms with van der Waals surface area (Å²) >= 11 is 0. The van der Waals surface area contributed by atoms with Gasteiger partial charge < -0.3 is 9.52 Å². The third-order valence-corrected chi connectivity index (χ3v) is 4.86. The van der Waals surface area contributed by atoms with Crippen LogP contribution in [0.25, 0.3) is 10.8 Å². The number of fused-ring (bicyclic) bond motifs is 1. The third-order valence-electron chi connectivity index (χ3n) is 3.38. The van der Waals surface area contributed by atoms with Gasteiger partial charge in [0.15, 0.2) is 0 Å². The Morgan fingerprint density at radius 2 is 1.82 bits per heavy atom. The zero-order valence-corrected chi connectivity index (χ0v) is 12.5. The fraction of sp³-hybridized carbons (Fsp3) is 0.125. The number of rotatable bonds is 5. The van der Waals surface area contributed by atoms with Crippen LogP contribution in [0.3, 0.4) is 0 Å². The molecule has 0 fully saturated rings. The Kier molecular flexibility index (Phi) is 3.98. The molecule has 0 aliphatic rings. The van der Waals surface area contributed by atoms with Gasteiger partial charge in [0.2, 0.25) is 10.0 Å². The Morgan fingerprint density at radius 1 is 1.05 bits per heavy atom. The van der Waals surface area contributed by atoms with Gasteiger partial charge in [0.05, 0.1) is 11.2 Å². The van der Waals surface area contributed by atoms with Crippen molar-refractivity contribution >= 4 is 20.8 Å². The van der Waals surface area contributed by atoms with Crippen molar-refractivity contribution in [2.45, 2.75) is 11.0 Å². The predicted octanol–water partition coefficient (Wildman–Crippen LogP) is 2.44. The van der Waals surface area contributed by atoms with Gasteiger partial charge in [0.25, 0.3) is 0 Å². The lowest BCUT2D eigenvalue weighted by Gasteiger charge is -2.12. The van der Waals surface area contributed by atoms with E-state index in [1.54, 1.807) is 36.4 Å². The Hall–Kier alpha value is -2.15. The van der Waals surface area contributed by atoms with Gasteiger partial charge in [-0.2, -0.15) is 0 Å². The van der Waals surface area contributed by atoms with Gasteiger partial charge >= 0.3 is 0 Å². The van der Waals surface area contributed by atoms with Crippen molar-refractivity contribution in [3.05, 3.63) is 66.6 Å². The van der Waals surface area contributed by atoms with Crippen molar-refractivity contribution < 1.29 is 17.9 Å². The summed E-state index contributed by atoms with van der Waals surface area (Å²) in [4.78, 5) is 0.192. The van der Waals surface area contributed by atoms with Crippen molar-refractivity contribution in [2.75, 3.05) is 6.54 Å². The number of hydrogen-bond acceptors (Lipinski definition) is 4. The van der Waals surface area contributed by atoms with Crippen LogP contribution in [0, 0.1) is 0 Å². The summed E-state index contributed by atoms with van der Waals surface area (Å²) in [5.41, 5.74) is 0. The number of aliphatic hydroxyl groups is 1. The zero-order chi connectivity index (χ0) is 15.6. The van der Waals surface area contributed by atoms with Crippen LogP contribution in [0.4, 0.5) is 0 Å². The molecule has 22 heavy (non-hydrogen) atoms. The Morgan fingerprint density at radius 3 is 2.59 bits per heavy atom. The topological polar surface area (TPSA) is 79.5 Å². The largest absolute Gasteiger partial charge is 0.467 e. The van der Waals surface area contributed by atoms with Crippen molar-refractivity contribution in [2.24, 2.45) is 0 Å². The summed E-state index contributed by atoms with van der Waals surface area (Å²) in [7, 11) is -3.72. The SMILES string of the molecule is O=S(=O)(NCC(O)c1ccco1)c1cccc2ccccc12. The maximum Gasteiger partial charge on any atom is 0.241 e. The van der Waals surface area contributed by atoms with Crippen molar-refractivity contribution in [3.63, 3.8) is 0 Å². The van der Waals surface area contributed by atoms with Crippen molar-refractivity contribution in [1.29, 1.82) is 0 Å². The molecule has 5 nitrogen and oxygen atoms in total. The van der Waals surface area contributed by atoms with Crippen LogP contribution in [0.1, 0.15) is 11.9 Å². The van der Waals surface area contributed by atoms with E-state index in [-0.39, 0.29) is 11.4 Å². The van der Waals surface area contributed by atoms with E-state index in [2.05, 4.69) is 4.72 Å². The van der Waals surface area contributed by atoms with Gasteiger partial charge in [-0.15, -0.1) is 0 Å². The fourth-order valence-corrected chi connectivity index (χ4v) is 3.54. The maximum atomic E-state index is 12.5. The van der Waals surface area contributed by atoms with E-state index in [1.807, 2.05) is 18.2 Å². The van der Waals surface area contributed by atoms with Gasteiger partial charge in [-0.25, -0.2) is 13.1 Å². The molecular formula is C16H15NO4S. The van der Waals surface area contributed by atoms with Gasteiger partial charge in [0, 0.05) is 11.9 Å². The molecule has 3 aromatic rings. The normalized spacial score (nSPS) is 13.3. The second-order valence-corrected chi connectivity index (χ2v) is 6.60. The van der Waals surface area contributed by atoms with E-state index in [1.165, 1.54) is 6.26 Å². The molecule has 0 saturated heterocycles. The Bertz CT molecular complexity index is 867. The minimum absolute atomic E-state index is 0.154. The number of benzene rings is 2. The lowest BCUT2D eigenvalue weighted by atomic mass is 10.1. The van der Waals surface area contributed by atoms with Crippen molar-refractivity contribution in [1.82, 2.24) is 4.72 Å². The molecule has 0 radical (unpaired) electrons. The third kappa shape index (κ3) is 2.89. The molecule has 6 heteroatoms. The van der Waals surface area contributed by atoms with E-state index in [0.29, 0.717) is 11.1 Å². The quantitative estimate of drug-likeness (QED) is 0.757. The van der Waals surface area contributed by atoms with E-state index in [4.69, 9.17) is 4.42 Å². The Balaban J connectivity index is 1.86. The first-order chi connectivity index (χ1) is 10.6. The zero-order valence-electron chi connectivity index (χ0n) is 11.6. The summed E-state index contributed by atoms with van der Waals surface area (Å²) in [6, 6.07) is 15.6. The molecule has 1 unspecified atom stereocenters. The molecule has 0 aliphatic carbocycles. The second kappa shape index (κ2) is 5.92. The molecule has 0 saturated carbocycles. The number of aliphatic hydroxyl groups excluding tert-OH is 1. The van der Waals surface area contributed by atoms with Gasteiger partial charge in [0.1, 0.15) is 11.9 Å². The first kappa shape index (κ1) is 14.8. The molecule has 0 bridgehead atoms.